The number of carbonyl (C=O) groups is 1. The SMILES string of the molecule is NCCCCCC(=O)NC/C=C/c1cn([C@H]2C[C@@H](O)[C@@H](COP(=O)(O)O[P+](=O)O[P+](=O)O)O2)c(=O)nc1N. The van der Waals surface area contributed by atoms with Crippen molar-refractivity contribution >= 4 is 42.1 Å². The number of hydrogen-bond donors (Lipinski definition) is 6. The van der Waals surface area contributed by atoms with Crippen molar-refractivity contribution in [3.63, 3.8) is 0 Å². The van der Waals surface area contributed by atoms with Crippen LogP contribution in [0.15, 0.2) is 17.1 Å². The number of nitrogen functional groups attached to an aromatic ring is 1. The van der Waals surface area contributed by atoms with Crippen LogP contribution in [0.3, 0.4) is 0 Å². The summed E-state index contributed by atoms with van der Waals surface area (Å²) in [7, 11) is -11.8. The van der Waals surface area contributed by atoms with Gasteiger partial charge in [-0.1, -0.05) is 18.6 Å². The van der Waals surface area contributed by atoms with Crippen LogP contribution in [0.2, 0.25) is 0 Å². The van der Waals surface area contributed by atoms with Gasteiger partial charge in [0.15, 0.2) is 4.31 Å². The van der Waals surface area contributed by atoms with Crippen molar-refractivity contribution in [2.75, 3.05) is 25.4 Å². The van der Waals surface area contributed by atoms with Crippen molar-refractivity contribution in [2.45, 2.75) is 50.5 Å². The number of nitrogens with one attached hydrogen (secondary N) is 1. The number of rotatable bonds is 16. The third-order valence-electron chi connectivity index (χ3n) is 5.06. The van der Waals surface area contributed by atoms with Crippen LogP contribution in [0.1, 0.15) is 43.9 Å². The van der Waals surface area contributed by atoms with Gasteiger partial charge in [0.05, 0.1) is 12.7 Å². The Labute approximate surface area is 218 Å². The lowest BCUT2D eigenvalue weighted by molar-refractivity contribution is -0.121. The van der Waals surface area contributed by atoms with Crippen molar-refractivity contribution in [2.24, 2.45) is 5.73 Å². The molecule has 1 amide bonds. The number of carbonyl (C=O) groups excluding carboxylic acids is 1. The number of ether oxygens (including phenoxy) is 1. The van der Waals surface area contributed by atoms with Gasteiger partial charge in [0.25, 0.3) is 0 Å². The van der Waals surface area contributed by atoms with E-state index in [1.54, 1.807) is 12.2 Å². The van der Waals surface area contributed by atoms with E-state index in [4.69, 9.17) is 21.1 Å². The van der Waals surface area contributed by atoms with Crippen LogP contribution in [-0.4, -0.2) is 62.3 Å². The third-order valence-corrected chi connectivity index (χ3v) is 7.98. The number of unbranched alkanes of at least 4 members (excludes halogenated alkanes) is 2. The predicted octanol–water partition coefficient (Wildman–Crippen LogP) is 0.580. The number of amides is 1. The number of phosphoric acid groups is 1. The molecule has 1 saturated heterocycles. The molecule has 1 aromatic heterocycles. The maximum Gasteiger partial charge on any atom is 0.758 e. The van der Waals surface area contributed by atoms with E-state index in [0.29, 0.717) is 18.5 Å². The molecule has 0 aliphatic carbocycles. The largest absolute Gasteiger partial charge is 0.758 e. The molecule has 1 aliphatic rings. The lowest BCUT2D eigenvalue weighted by atomic mass is 10.2. The van der Waals surface area contributed by atoms with Crippen molar-refractivity contribution in [3.05, 3.63) is 28.3 Å². The quantitative estimate of drug-likeness (QED) is 0.112. The summed E-state index contributed by atoms with van der Waals surface area (Å²) in [5.74, 6) is -0.196. The number of nitrogens with two attached hydrogens (primary N) is 2. The van der Waals surface area contributed by atoms with Gasteiger partial charge in [0.2, 0.25) is 5.91 Å². The molecule has 0 saturated carbocycles. The maximum atomic E-state index is 12.4. The van der Waals surface area contributed by atoms with Crippen molar-refractivity contribution in [1.29, 1.82) is 0 Å². The van der Waals surface area contributed by atoms with Gasteiger partial charge in [-0.2, -0.15) is 4.98 Å². The molecule has 0 spiro atoms. The van der Waals surface area contributed by atoms with Crippen LogP contribution in [0, 0.1) is 0 Å². The molecule has 6 atom stereocenters. The first-order valence-corrected chi connectivity index (χ1v) is 15.0. The Morgan fingerprint density at radius 2 is 2.11 bits per heavy atom. The first kappa shape index (κ1) is 32.2. The predicted molar refractivity (Wildman–Crippen MR) is 132 cm³/mol. The zero-order valence-corrected chi connectivity index (χ0v) is 22.7. The maximum absolute atomic E-state index is 12.4. The second kappa shape index (κ2) is 15.6. The highest BCUT2D eigenvalue weighted by atomic mass is 31.3. The minimum atomic E-state index is -5.01. The lowest BCUT2D eigenvalue weighted by Crippen LogP contribution is -2.29. The second-order valence-corrected chi connectivity index (χ2v) is 11.3. The van der Waals surface area contributed by atoms with E-state index < -0.39 is 55.1 Å². The average molecular weight is 601 g/mol. The minimum absolute atomic E-state index is 0.0756. The van der Waals surface area contributed by atoms with Crippen LogP contribution < -0.4 is 22.5 Å². The summed E-state index contributed by atoms with van der Waals surface area (Å²) in [6.07, 6.45) is 3.71. The van der Waals surface area contributed by atoms with E-state index in [-0.39, 0.29) is 24.7 Å². The van der Waals surface area contributed by atoms with Crippen molar-refractivity contribution in [1.82, 2.24) is 14.9 Å². The number of hydrogen-bond acceptors (Lipinski definition) is 13. The zero-order chi connectivity index (χ0) is 28.3. The molecule has 0 aromatic carbocycles. The average Bonchev–Trinajstić information content (AvgIpc) is 3.18. The molecule has 212 valence electrons. The van der Waals surface area contributed by atoms with Crippen LogP contribution in [0.5, 0.6) is 0 Å². The number of aliphatic hydroxyl groups excluding tert-OH is 1. The van der Waals surface area contributed by atoms with E-state index in [0.717, 1.165) is 23.8 Å². The number of anilines is 1. The Morgan fingerprint density at radius 1 is 1.37 bits per heavy atom. The molecule has 38 heavy (non-hydrogen) atoms. The van der Waals surface area contributed by atoms with Gasteiger partial charge in [-0.25, -0.2) is 9.36 Å². The van der Waals surface area contributed by atoms with E-state index >= 15 is 0 Å². The van der Waals surface area contributed by atoms with Crippen molar-refractivity contribution < 1.29 is 51.3 Å². The first-order chi connectivity index (χ1) is 17.9. The summed E-state index contributed by atoms with van der Waals surface area (Å²) in [4.78, 5) is 46.0. The van der Waals surface area contributed by atoms with Gasteiger partial charge < -0.3 is 26.6 Å². The molecular formula is C18H30N5O12P3+2. The Balaban J connectivity index is 1.95. The number of nitrogens with zero attached hydrogens (tertiary/aromatic N) is 2. The van der Waals surface area contributed by atoms with E-state index in [2.05, 4.69) is 23.4 Å². The fourth-order valence-corrected chi connectivity index (χ4v) is 5.31. The Morgan fingerprint density at radius 3 is 2.79 bits per heavy atom. The topological polar surface area (TPSA) is 265 Å². The molecule has 2 heterocycles. The highest BCUT2D eigenvalue weighted by molar-refractivity contribution is 7.58. The molecule has 1 aliphatic heterocycles. The molecule has 17 nitrogen and oxygen atoms in total. The summed E-state index contributed by atoms with van der Waals surface area (Å²) in [5, 5.41) is 13.0. The zero-order valence-electron chi connectivity index (χ0n) is 20.0. The first-order valence-electron chi connectivity index (χ1n) is 11.3. The van der Waals surface area contributed by atoms with Gasteiger partial charge >= 0.3 is 30.0 Å². The smallest absolute Gasteiger partial charge is 0.390 e. The summed E-state index contributed by atoms with van der Waals surface area (Å²) in [6.45, 7) is 0.0638. The number of aromatic nitrogens is 2. The monoisotopic (exact) mass is 601 g/mol. The molecular weight excluding hydrogens is 571 g/mol. The van der Waals surface area contributed by atoms with Crippen LogP contribution >= 0.6 is 24.3 Å². The van der Waals surface area contributed by atoms with E-state index in [9.17, 15) is 33.3 Å². The standard InChI is InChI=1S/C18H28N5O12P3/c19-7-3-1-2-6-15(25)21-8-4-5-12-10-23(18(26)22-17(12)20)16-9-13(24)14(33-16)11-32-38(30,31)35-37(29)34-36(27)28/h4-5,10,13-14,16,24H,1-3,6-9,11,19H2,(H3-2,20,21,22,25,26,27,28,30,31)/p+2/b5-4+/t13-,14-,16-/m1/s1. The summed E-state index contributed by atoms with van der Waals surface area (Å²) in [5.41, 5.74) is 10.8. The molecule has 8 N–H and O–H groups in total. The van der Waals surface area contributed by atoms with Crippen LogP contribution in [0.25, 0.3) is 6.08 Å². The second-order valence-electron chi connectivity index (χ2n) is 7.90. The molecule has 1 fully saturated rings. The Hall–Kier alpha value is -2.00. The van der Waals surface area contributed by atoms with E-state index in [1.165, 1.54) is 6.20 Å². The van der Waals surface area contributed by atoms with Gasteiger partial charge in [0, 0.05) is 40.3 Å². The highest BCUT2D eigenvalue weighted by Crippen LogP contribution is 2.55. The third kappa shape index (κ3) is 11.0. The van der Waals surface area contributed by atoms with Gasteiger partial charge in [-0.05, 0) is 23.7 Å². The Bertz CT molecular complexity index is 1130. The summed E-state index contributed by atoms with van der Waals surface area (Å²) in [6, 6.07) is 0. The summed E-state index contributed by atoms with van der Waals surface area (Å²) >= 11 is 0. The molecule has 0 bridgehead atoms. The molecule has 20 heteroatoms. The Kier molecular flexibility index (Phi) is 13.2. The lowest BCUT2D eigenvalue weighted by Gasteiger charge is -2.17. The molecule has 0 radical (unpaired) electrons. The van der Waals surface area contributed by atoms with E-state index in [1.807, 2.05) is 0 Å². The summed E-state index contributed by atoms with van der Waals surface area (Å²) < 4.78 is 52.6. The molecule has 3 unspecified atom stereocenters. The normalized spacial score (nSPS) is 21.8. The minimum Gasteiger partial charge on any atom is -0.390 e. The number of phosphoric ester groups is 1. The van der Waals surface area contributed by atoms with Gasteiger partial charge in [-0.3, -0.25) is 18.8 Å². The number of aliphatic hydroxyl groups is 1. The van der Waals surface area contributed by atoms with Gasteiger partial charge in [0.1, 0.15) is 18.1 Å². The molecule has 1 aromatic rings. The van der Waals surface area contributed by atoms with Crippen molar-refractivity contribution in [3.8, 4) is 0 Å². The molecule has 2 rings (SSSR count). The fourth-order valence-electron chi connectivity index (χ4n) is 3.27. The van der Waals surface area contributed by atoms with Crippen LogP contribution in [0.4, 0.5) is 5.82 Å². The fraction of sp³-hybridized carbons (Fsp3) is 0.611. The van der Waals surface area contributed by atoms with Crippen LogP contribution in [-0.2, 0) is 36.4 Å². The highest BCUT2D eigenvalue weighted by Gasteiger charge is 2.46. The van der Waals surface area contributed by atoms with Gasteiger partial charge in [-0.15, -0.1) is 4.89 Å².